The summed E-state index contributed by atoms with van der Waals surface area (Å²) in [5.41, 5.74) is 3.46. The fourth-order valence-electron chi connectivity index (χ4n) is 6.27. The van der Waals surface area contributed by atoms with Crippen LogP contribution in [0, 0.1) is 11.7 Å². The van der Waals surface area contributed by atoms with Crippen molar-refractivity contribution in [1.82, 2.24) is 4.57 Å². The highest BCUT2D eigenvalue weighted by atomic mass is 19.1. The lowest BCUT2D eigenvalue weighted by atomic mass is 9.83. The van der Waals surface area contributed by atoms with Gasteiger partial charge in [-0.15, -0.1) is 0 Å². The van der Waals surface area contributed by atoms with Gasteiger partial charge in [0, 0.05) is 60.2 Å². The summed E-state index contributed by atoms with van der Waals surface area (Å²) in [5.74, 6) is 0.383. The van der Waals surface area contributed by atoms with Crippen LogP contribution in [0.2, 0.25) is 0 Å². The van der Waals surface area contributed by atoms with Gasteiger partial charge >= 0.3 is 0 Å². The van der Waals surface area contributed by atoms with Gasteiger partial charge in [0.2, 0.25) is 0 Å². The Balaban J connectivity index is 1.19. The first kappa shape index (κ1) is 26.8. The minimum atomic E-state index is -0.436. The average Bonchev–Trinajstić information content (AvgIpc) is 3.01. The molecule has 0 saturated carbocycles. The van der Waals surface area contributed by atoms with Crippen LogP contribution in [0.4, 0.5) is 21.5 Å². The zero-order valence-corrected chi connectivity index (χ0v) is 23.2. The Morgan fingerprint density at radius 3 is 2.40 bits per heavy atom. The van der Waals surface area contributed by atoms with Gasteiger partial charge in [0.1, 0.15) is 19.0 Å². The molecule has 43 heavy (non-hydrogen) atoms. The third-order valence-electron chi connectivity index (χ3n) is 8.23. The van der Waals surface area contributed by atoms with E-state index in [-0.39, 0.29) is 23.3 Å². The molecule has 2 N–H and O–H groups in total. The van der Waals surface area contributed by atoms with Gasteiger partial charge in [-0.1, -0.05) is 6.07 Å². The largest absolute Gasteiger partial charge is 0.486 e. The van der Waals surface area contributed by atoms with E-state index in [2.05, 4.69) is 15.5 Å². The second kappa shape index (κ2) is 10.9. The number of aromatic nitrogens is 1. The number of nitrogens with one attached hydrogen (secondary N) is 2. The van der Waals surface area contributed by atoms with Crippen molar-refractivity contribution in [2.24, 2.45) is 5.92 Å². The number of nitrogens with zero attached hydrogens (tertiary/aromatic N) is 2. The molecule has 0 spiro atoms. The van der Waals surface area contributed by atoms with Gasteiger partial charge in [0.15, 0.2) is 11.5 Å². The maximum absolute atomic E-state index is 13.5. The lowest BCUT2D eigenvalue weighted by molar-refractivity contribution is 0.101. The SMILES string of the molecule is O=C(Nc1ccc2c(c1)OCCO2)c1ccc(N2C[C@@H]3C[C@H](C2)c2cccc(=O)n2C3)c(NC(=O)c2ccc(F)cc2)c1. The summed E-state index contributed by atoms with van der Waals surface area (Å²) >= 11 is 0. The van der Waals surface area contributed by atoms with Crippen LogP contribution in [0.1, 0.15) is 38.7 Å². The predicted molar refractivity (Wildman–Crippen MR) is 160 cm³/mol. The lowest BCUT2D eigenvalue weighted by Gasteiger charge is -2.44. The highest BCUT2D eigenvalue weighted by molar-refractivity contribution is 6.09. The summed E-state index contributed by atoms with van der Waals surface area (Å²) < 4.78 is 26.6. The van der Waals surface area contributed by atoms with Crippen LogP contribution >= 0.6 is 0 Å². The molecule has 3 aromatic carbocycles. The molecule has 0 aliphatic carbocycles. The minimum Gasteiger partial charge on any atom is -0.486 e. The monoisotopic (exact) mass is 580 g/mol. The summed E-state index contributed by atoms with van der Waals surface area (Å²) in [6, 6.07) is 21.2. The number of amides is 2. The molecule has 1 fully saturated rings. The number of rotatable bonds is 5. The van der Waals surface area contributed by atoms with Crippen LogP contribution in [0.15, 0.2) is 83.7 Å². The maximum Gasteiger partial charge on any atom is 0.255 e. The van der Waals surface area contributed by atoms with Crippen molar-refractivity contribution in [1.29, 1.82) is 0 Å². The third-order valence-corrected chi connectivity index (χ3v) is 8.23. The van der Waals surface area contributed by atoms with Crippen molar-refractivity contribution >= 4 is 28.9 Å². The lowest BCUT2D eigenvalue weighted by Crippen LogP contribution is -2.47. The Morgan fingerprint density at radius 1 is 0.791 bits per heavy atom. The van der Waals surface area contributed by atoms with Crippen molar-refractivity contribution in [2.75, 3.05) is 41.8 Å². The fourth-order valence-corrected chi connectivity index (χ4v) is 6.27. The molecule has 1 saturated heterocycles. The number of piperidine rings is 1. The van der Waals surface area contributed by atoms with E-state index in [9.17, 15) is 18.8 Å². The van der Waals surface area contributed by atoms with Gasteiger partial charge in [-0.2, -0.15) is 0 Å². The van der Waals surface area contributed by atoms with Gasteiger partial charge in [0.25, 0.3) is 17.4 Å². The molecule has 218 valence electrons. The number of carbonyl (C=O) groups excluding carboxylic acids is 2. The van der Waals surface area contributed by atoms with E-state index in [4.69, 9.17) is 9.47 Å². The van der Waals surface area contributed by atoms with E-state index in [1.807, 2.05) is 16.7 Å². The van der Waals surface area contributed by atoms with Crippen molar-refractivity contribution < 1.29 is 23.5 Å². The standard InChI is InChI=1S/C33H29FN4O5/c34-24-7-4-21(5-8-24)32(40)36-26-15-22(33(41)35-25-9-11-29-30(16-25)43-13-12-42-29)6-10-28(26)37-17-20-14-23(19-37)27-2-1-3-31(39)38(27)18-20/h1-11,15-16,20,23H,12-14,17-19H2,(H,35,41)(H,36,40)/t20-,23+/m0/s1. The molecule has 0 unspecified atom stereocenters. The van der Waals surface area contributed by atoms with E-state index >= 15 is 0 Å². The molecule has 4 aromatic rings. The van der Waals surface area contributed by atoms with Gasteiger partial charge < -0.3 is 29.6 Å². The van der Waals surface area contributed by atoms with Crippen molar-refractivity contribution in [3.63, 3.8) is 0 Å². The van der Waals surface area contributed by atoms with Crippen LogP contribution in [-0.4, -0.2) is 42.7 Å². The van der Waals surface area contributed by atoms with Gasteiger partial charge in [-0.25, -0.2) is 4.39 Å². The second-order valence-electron chi connectivity index (χ2n) is 11.1. The number of ether oxygens (including phenoxy) is 2. The molecular formula is C33H29FN4O5. The summed E-state index contributed by atoms with van der Waals surface area (Å²) in [5, 5.41) is 5.86. The minimum absolute atomic E-state index is 0.0151. The number of pyridine rings is 1. The van der Waals surface area contributed by atoms with E-state index < -0.39 is 11.7 Å². The molecule has 0 radical (unpaired) electrons. The molecule has 2 atom stereocenters. The fraction of sp³-hybridized carbons (Fsp3) is 0.242. The van der Waals surface area contributed by atoms with Gasteiger partial charge in [-0.3, -0.25) is 14.4 Å². The van der Waals surface area contributed by atoms with E-state index in [0.29, 0.717) is 66.8 Å². The Hall–Kier alpha value is -5.12. The molecule has 2 bridgehead atoms. The number of fused-ring (bicyclic) bond motifs is 5. The predicted octanol–water partition coefficient (Wildman–Crippen LogP) is 4.89. The normalized spacial score (nSPS) is 18.4. The summed E-state index contributed by atoms with van der Waals surface area (Å²) in [6.07, 6.45) is 0.979. The number of anilines is 3. The first-order chi connectivity index (χ1) is 20.9. The number of halogens is 1. The topological polar surface area (TPSA) is 102 Å². The second-order valence-corrected chi connectivity index (χ2v) is 11.1. The smallest absolute Gasteiger partial charge is 0.255 e. The van der Waals surface area contributed by atoms with Crippen LogP contribution in [0.3, 0.4) is 0 Å². The Labute approximate surface area is 246 Å². The number of benzene rings is 3. The summed E-state index contributed by atoms with van der Waals surface area (Å²) in [7, 11) is 0. The molecule has 9 nitrogen and oxygen atoms in total. The highest BCUT2D eigenvalue weighted by Crippen LogP contribution is 2.40. The molecule has 2 amide bonds. The quantitative estimate of drug-likeness (QED) is 0.349. The van der Waals surface area contributed by atoms with Crippen LogP contribution in [0.5, 0.6) is 11.5 Å². The Kier molecular flexibility index (Phi) is 6.81. The summed E-state index contributed by atoms with van der Waals surface area (Å²) in [4.78, 5) is 41.3. The Morgan fingerprint density at radius 2 is 1.56 bits per heavy atom. The first-order valence-electron chi connectivity index (χ1n) is 14.3. The zero-order chi connectivity index (χ0) is 29.5. The van der Waals surface area contributed by atoms with E-state index in [1.54, 1.807) is 42.5 Å². The molecule has 7 rings (SSSR count). The molecule has 10 heteroatoms. The molecule has 4 heterocycles. The Bertz CT molecular complexity index is 1790. The molecular weight excluding hydrogens is 551 g/mol. The number of hydrogen-bond donors (Lipinski definition) is 2. The third kappa shape index (κ3) is 5.31. The van der Waals surface area contributed by atoms with Crippen molar-refractivity contribution in [2.45, 2.75) is 18.9 Å². The number of carbonyl (C=O) groups is 2. The van der Waals surface area contributed by atoms with Crippen LogP contribution in [-0.2, 0) is 6.54 Å². The highest BCUT2D eigenvalue weighted by Gasteiger charge is 2.35. The maximum atomic E-state index is 13.5. The average molecular weight is 581 g/mol. The van der Waals surface area contributed by atoms with Crippen molar-refractivity contribution in [3.05, 3.63) is 112 Å². The van der Waals surface area contributed by atoms with E-state index in [1.165, 1.54) is 24.3 Å². The number of hydrogen-bond acceptors (Lipinski definition) is 6. The zero-order valence-electron chi connectivity index (χ0n) is 23.2. The van der Waals surface area contributed by atoms with Crippen molar-refractivity contribution in [3.8, 4) is 11.5 Å². The van der Waals surface area contributed by atoms with Crippen LogP contribution in [0.25, 0.3) is 0 Å². The van der Waals surface area contributed by atoms with Crippen LogP contribution < -0.4 is 30.6 Å². The summed E-state index contributed by atoms with van der Waals surface area (Å²) in [6.45, 7) is 2.89. The van der Waals surface area contributed by atoms with Gasteiger partial charge in [-0.05, 0) is 73.0 Å². The first-order valence-corrected chi connectivity index (χ1v) is 14.3. The molecule has 1 aromatic heterocycles. The molecule has 3 aliphatic rings. The van der Waals surface area contributed by atoms with E-state index in [0.717, 1.165) is 17.8 Å². The van der Waals surface area contributed by atoms with Gasteiger partial charge in [0.05, 0.1) is 11.4 Å². The molecule has 3 aliphatic heterocycles.